The molecule has 3 rings (SSSR count). The number of aryl methyl sites for hydroxylation is 1. The Morgan fingerprint density at radius 2 is 1.38 bits per heavy atom. The standard InChI is InChI=1S/C23H22ClFO/c1-3-5-16-6-8-18(9-7-16)21-15-14-20(22(24)23(21)25)17-10-12-19(13-11-17)26-4-2/h6-15H,3-5H2,1-2H3. The number of halogens is 2. The number of hydrogen-bond acceptors (Lipinski definition) is 1. The van der Waals surface area contributed by atoms with Gasteiger partial charge in [0, 0.05) is 11.1 Å². The third-order valence-corrected chi connectivity index (χ3v) is 4.73. The van der Waals surface area contributed by atoms with E-state index in [0.29, 0.717) is 17.7 Å². The average molecular weight is 369 g/mol. The zero-order valence-electron chi connectivity index (χ0n) is 15.1. The predicted octanol–water partition coefficient (Wildman–Crippen LogP) is 7.16. The highest BCUT2D eigenvalue weighted by Crippen LogP contribution is 2.36. The number of rotatable bonds is 6. The first-order valence-corrected chi connectivity index (χ1v) is 9.32. The molecule has 0 saturated heterocycles. The second-order valence-corrected chi connectivity index (χ2v) is 6.57. The molecule has 0 bridgehead atoms. The van der Waals surface area contributed by atoms with Crippen molar-refractivity contribution in [1.29, 1.82) is 0 Å². The Morgan fingerprint density at radius 3 is 2.00 bits per heavy atom. The van der Waals surface area contributed by atoms with Crippen molar-refractivity contribution in [3.05, 3.63) is 77.1 Å². The molecule has 1 nitrogen and oxygen atoms in total. The summed E-state index contributed by atoms with van der Waals surface area (Å²) < 4.78 is 20.4. The van der Waals surface area contributed by atoms with E-state index in [1.807, 2.05) is 61.5 Å². The van der Waals surface area contributed by atoms with Gasteiger partial charge >= 0.3 is 0 Å². The first kappa shape index (κ1) is 18.5. The van der Waals surface area contributed by atoms with E-state index in [2.05, 4.69) is 6.92 Å². The third kappa shape index (κ3) is 3.91. The van der Waals surface area contributed by atoms with Gasteiger partial charge in [0.25, 0.3) is 0 Å². The molecule has 0 saturated carbocycles. The summed E-state index contributed by atoms with van der Waals surface area (Å²) in [5, 5.41) is 0.143. The van der Waals surface area contributed by atoms with E-state index in [0.717, 1.165) is 29.7 Å². The molecule has 0 atom stereocenters. The number of ether oxygens (including phenoxy) is 1. The summed E-state index contributed by atoms with van der Waals surface area (Å²) in [6.45, 7) is 4.70. The van der Waals surface area contributed by atoms with Crippen molar-refractivity contribution in [3.8, 4) is 28.0 Å². The van der Waals surface area contributed by atoms with E-state index in [-0.39, 0.29) is 10.8 Å². The summed E-state index contributed by atoms with van der Waals surface area (Å²) in [7, 11) is 0. The molecule has 0 radical (unpaired) electrons. The SMILES string of the molecule is CCCc1ccc(-c2ccc(-c3ccc(OCC)cc3)c(Cl)c2F)cc1. The molecule has 3 aromatic carbocycles. The van der Waals surface area contributed by atoms with Crippen molar-refractivity contribution in [1.82, 2.24) is 0 Å². The molecule has 26 heavy (non-hydrogen) atoms. The zero-order chi connectivity index (χ0) is 18.5. The van der Waals surface area contributed by atoms with Crippen LogP contribution in [0.4, 0.5) is 4.39 Å². The van der Waals surface area contributed by atoms with E-state index >= 15 is 0 Å². The molecule has 134 valence electrons. The van der Waals surface area contributed by atoms with Crippen LogP contribution in [0.2, 0.25) is 5.02 Å². The summed E-state index contributed by atoms with van der Waals surface area (Å²) in [6, 6.07) is 19.2. The zero-order valence-corrected chi connectivity index (χ0v) is 15.8. The largest absolute Gasteiger partial charge is 0.494 e. The second-order valence-electron chi connectivity index (χ2n) is 6.19. The molecule has 0 aliphatic carbocycles. The Kier molecular flexibility index (Phi) is 5.95. The predicted molar refractivity (Wildman–Crippen MR) is 107 cm³/mol. The first-order chi connectivity index (χ1) is 12.6. The molecule has 0 aliphatic rings. The van der Waals surface area contributed by atoms with Gasteiger partial charge in [-0.3, -0.25) is 0 Å². The van der Waals surface area contributed by atoms with Gasteiger partial charge in [-0.15, -0.1) is 0 Å². The van der Waals surface area contributed by atoms with Gasteiger partial charge in [-0.2, -0.15) is 0 Å². The lowest BCUT2D eigenvalue weighted by Gasteiger charge is -2.11. The van der Waals surface area contributed by atoms with Crippen LogP contribution in [-0.2, 0) is 6.42 Å². The van der Waals surface area contributed by atoms with Gasteiger partial charge in [0.15, 0.2) is 0 Å². The van der Waals surface area contributed by atoms with Gasteiger partial charge in [-0.1, -0.05) is 73.5 Å². The maximum absolute atomic E-state index is 14.9. The topological polar surface area (TPSA) is 9.23 Å². The lowest BCUT2D eigenvalue weighted by atomic mass is 9.98. The number of benzene rings is 3. The fourth-order valence-corrected chi connectivity index (χ4v) is 3.31. The Bertz CT molecular complexity index is 795. The third-order valence-electron chi connectivity index (χ3n) is 4.36. The van der Waals surface area contributed by atoms with Crippen LogP contribution >= 0.6 is 11.6 Å². The maximum Gasteiger partial charge on any atom is 0.150 e. The molecule has 0 N–H and O–H groups in total. The van der Waals surface area contributed by atoms with Gasteiger partial charge in [0.1, 0.15) is 11.6 Å². The normalized spacial score (nSPS) is 10.8. The van der Waals surface area contributed by atoms with Crippen molar-refractivity contribution in [2.45, 2.75) is 26.7 Å². The first-order valence-electron chi connectivity index (χ1n) is 8.94. The van der Waals surface area contributed by atoms with Gasteiger partial charge in [-0.05, 0) is 42.2 Å². The van der Waals surface area contributed by atoms with Gasteiger partial charge in [0.2, 0.25) is 0 Å². The van der Waals surface area contributed by atoms with Crippen molar-refractivity contribution in [2.24, 2.45) is 0 Å². The molecule has 3 heteroatoms. The summed E-state index contributed by atoms with van der Waals surface area (Å²) in [5.41, 5.74) is 4.16. The van der Waals surface area contributed by atoms with E-state index < -0.39 is 0 Å². The lowest BCUT2D eigenvalue weighted by molar-refractivity contribution is 0.340. The molecule has 0 heterocycles. The van der Waals surface area contributed by atoms with E-state index in [4.69, 9.17) is 16.3 Å². The quantitative estimate of drug-likeness (QED) is 0.448. The van der Waals surface area contributed by atoms with E-state index in [9.17, 15) is 4.39 Å². The van der Waals surface area contributed by atoms with Crippen molar-refractivity contribution < 1.29 is 9.13 Å². The van der Waals surface area contributed by atoms with Crippen molar-refractivity contribution in [3.63, 3.8) is 0 Å². The Hall–Kier alpha value is -2.32. The van der Waals surface area contributed by atoms with Crippen LogP contribution in [0.5, 0.6) is 5.75 Å². The molecule has 0 unspecified atom stereocenters. The smallest absolute Gasteiger partial charge is 0.150 e. The lowest BCUT2D eigenvalue weighted by Crippen LogP contribution is -1.92. The average Bonchev–Trinajstić information content (AvgIpc) is 2.66. The highest BCUT2D eigenvalue weighted by atomic mass is 35.5. The second kappa shape index (κ2) is 8.37. The monoisotopic (exact) mass is 368 g/mol. The highest BCUT2D eigenvalue weighted by Gasteiger charge is 2.14. The summed E-state index contributed by atoms with van der Waals surface area (Å²) >= 11 is 6.36. The molecule has 0 fully saturated rings. The molecule has 3 aromatic rings. The van der Waals surface area contributed by atoms with E-state index in [1.54, 1.807) is 6.07 Å². The van der Waals surface area contributed by atoms with Gasteiger partial charge in [-0.25, -0.2) is 4.39 Å². The molecular formula is C23H22ClFO. The van der Waals surface area contributed by atoms with Crippen molar-refractivity contribution in [2.75, 3.05) is 6.61 Å². The minimum absolute atomic E-state index is 0.143. The van der Waals surface area contributed by atoms with Crippen LogP contribution in [0.1, 0.15) is 25.8 Å². The van der Waals surface area contributed by atoms with Crippen LogP contribution in [0.25, 0.3) is 22.3 Å². The van der Waals surface area contributed by atoms with Crippen LogP contribution < -0.4 is 4.74 Å². The maximum atomic E-state index is 14.9. The minimum Gasteiger partial charge on any atom is -0.494 e. The van der Waals surface area contributed by atoms with Crippen LogP contribution in [0, 0.1) is 5.82 Å². The minimum atomic E-state index is -0.388. The van der Waals surface area contributed by atoms with Crippen molar-refractivity contribution >= 4 is 11.6 Å². The molecule has 0 amide bonds. The van der Waals surface area contributed by atoms with Crippen LogP contribution in [-0.4, -0.2) is 6.61 Å². The van der Waals surface area contributed by atoms with Crippen LogP contribution in [0.15, 0.2) is 60.7 Å². The Morgan fingerprint density at radius 1 is 0.808 bits per heavy atom. The Balaban J connectivity index is 1.93. The van der Waals surface area contributed by atoms with E-state index in [1.165, 1.54) is 5.56 Å². The van der Waals surface area contributed by atoms with Gasteiger partial charge < -0.3 is 4.74 Å². The molecule has 0 spiro atoms. The summed E-state index contributed by atoms with van der Waals surface area (Å²) in [5.74, 6) is 0.401. The summed E-state index contributed by atoms with van der Waals surface area (Å²) in [6.07, 6.45) is 2.12. The summed E-state index contributed by atoms with van der Waals surface area (Å²) in [4.78, 5) is 0. The van der Waals surface area contributed by atoms with Crippen LogP contribution in [0.3, 0.4) is 0 Å². The Labute approximate surface area is 159 Å². The fourth-order valence-electron chi connectivity index (χ4n) is 3.03. The fraction of sp³-hybridized carbons (Fsp3) is 0.217. The number of hydrogen-bond donors (Lipinski definition) is 0. The molecule has 0 aliphatic heterocycles. The highest BCUT2D eigenvalue weighted by molar-refractivity contribution is 6.33. The van der Waals surface area contributed by atoms with Gasteiger partial charge in [0.05, 0.1) is 11.6 Å². The molecule has 0 aromatic heterocycles. The molecular weight excluding hydrogens is 347 g/mol.